The van der Waals surface area contributed by atoms with Crippen LogP contribution in [-0.4, -0.2) is 16.6 Å². The second-order valence-corrected chi connectivity index (χ2v) is 6.25. The van der Waals surface area contributed by atoms with Crippen molar-refractivity contribution in [2.45, 2.75) is 33.4 Å². The Morgan fingerprint density at radius 2 is 2.30 bits per heavy atom. The highest BCUT2D eigenvalue weighted by Crippen LogP contribution is 2.35. The maximum atomic E-state index is 9.15. The van der Waals surface area contributed by atoms with Gasteiger partial charge in [0.25, 0.3) is 0 Å². The van der Waals surface area contributed by atoms with Gasteiger partial charge in [-0.05, 0) is 25.8 Å². The van der Waals surface area contributed by atoms with Gasteiger partial charge >= 0.3 is 0 Å². The highest BCUT2D eigenvalue weighted by Gasteiger charge is 2.24. The lowest BCUT2D eigenvalue weighted by Crippen LogP contribution is -2.29. The number of fused-ring (bicyclic) bond motifs is 1. The van der Waals surface area contributed by atoms with E-state index in [2.05, 4.69) is 16.1 Å². The van der Waals surface area contributed by atoms with Crippen LogP contribution >= 0.6 is 11.3 Å². The molecule has 2 N–H and O–H groups in total. The molecular formula is C14H16N4OS. The highest BCUT2D eigenvalue weighted by molar-refractivity contribution is 7.16. The molecule has 2 aromatic rings. The van der Waals surface area contributed by atoms with Crippen LogP contribution in [-0.2, 0) is 19.5 Å². The predicted molar refractivity (Wildman–Crippen MR) is 77.2 cm³/mol. The molecule has 2 aromatic heterocycles. The van der Waals surface area contributed by atoms with E-state index in [0.29, 0.717) is 10.6 Å². The number of hydrogen-bond acceptors (Lipinski definition) is 6. The van der Waals surface area contributed by atoms with E-state index in [1.165, 1.54) is 10.4 Å². The fourth-order valence-corrected chi connectivity index (χ4v) is 3.80. The number of thiophene rings is 1. The third kappa shape index (κ3) is 2.09. The quantitative estimate of drug-likeness (QED) is 0.917. The van der Waals surface area contributed by atoms with E-state index in [4.69, 9.17) is 15.5 Å². The van der Waals surface area contributed by atoms with E-state index in [-0.39, 0.29) is 0 Å². The molecule has 0 aromatic carbocycles. The Morgan fingerprint density at radius 3 is 2.95 bits per heavy atom. The van der Waals surface area contributed by atoms with Gasteiger partial charge in [0.2, 0.25) is 0 Å². The van der Waals surface area contributed by atoms with Gasteiger partial charge in [-0.25, -0.2) is 0 Å². The van der Waals surface area contributed by atoms with Crippen LogP contribution in [0.5, 0.6) is 0 Å². The highest BCUT2D eigenvalue weighted by atomic mass is 32.1. The van der Waals surface area contributed by atoms with E-state index >= 15 is 0 Å². The Bertz CT molecular complexity index is 675. The summed E-state index contributed by atoms with van der Waals surface area (Å²) in [6.07, 6.45) is 0.884. The molecule has 0 fully saturated rings. The Morgan fingerprint density at radius 1 is 1.50 bits per heavy atom. The summed E-state index contributed by atoms with van der Waals surface area (Å²) in [5, 5.41) is 13.8. The van der Waals surface area contributed by atoms with Crippen molar-refractivity contribution in [2.75, 3.05) is 12.3 Å². The maximum Gasteiger partial charge on any atom is 0.138 e. The average Bonchev–Trinajstić information content (AvgIpc) is 2.91. The first kappa shape index (κ1) is 13.2. The number of nitrogens with zero attached hydrogens (tertiary/aromatic N) is 3. The normalized spacial score (nSPS) is 15.1. The Hall–Kier alpha value is -1.84. The second-order valence-electron chi connectivity index (χ2n) is 5.12. The zero-order valence-corrected chi connectivity index (χ0v) is 12.4. The van der Waals surface area contributed by atoms with Gasteiger partial charge in [0, 0.05) is 30.1 Å². The summed E-state index contributed by atoms with van der Waals surface area (Å²) in [7, 11) is 0. The number of rotatable bonds is 2. The predicted octanol–water partition coefficient (Wildman–Crippen LogP) is 2.37. The van der Waals surface area contributed by atoms with Crippen LogP contribution < -0.4 is 5.73 Å². The first-order valence-corrected chi connectivity index (χ1v) is 7.36. The molecule has 3 rings (SSSR count). The van der Waals surface area contributed by atoms with Crippen molar-refractivity contribution in [3.05, 3.63) is 33.0 Å². The molecule has 20 heavy (non-hydrogen) atoms. The van der Waals surface area contributed by atoms with E-state index in [1.54, 1.807) is 11.3 Å². The van der Waals surface area contributed by atoms with E-state index in [9.17, 15) is 0 Å². The first-order valence-electron chi connectivity index (χ1n) is 6.54. The first-order chi connectivity index (χ1) is 9.60. The molecule has 0 atom stereocenters. The summed E-state index contributed by atoms with van der Waals surface area (Å²) in [5.74, 6) is 0.886. The molecule has 104 valence electrons. The Balaban J connectivity index is 1.82. The molecular weight excluding hydrogens is 272 g/mol. The monoisotopic (exact) mass is 288 g/mol. The molecule has 0 unspecified atom stereocenters. The van der Waals surface area contributed by atoms with Gasteiger partial charge in [0.05, 0.1) is 11.3 Å². The molecule has 6 heteroatoms. The summed E-state index contributed by atoms with van der Waals surface area (Å²) in [4.78, 5) is 3.57. The van der Waals surface area contributed by atoms with Crippen molar-refractivity contribution in [1.82, 2.24) is 10.1 Å². The number of nitrogens with two attached hydrogens (primary N) is 1. The fourth-order valence-electron chi connectivity index (χ4n) is 2.69. The van der Waals surface area contributed by atoms with Crippen molar-refractivity contribution in [3.8, 4) is 6.07 Å². The fraction of sp³-hybridized carbons (Fsp3) is 0.429. The van der Waals surface area contributed by atoms with Gasteiger partial charge in [-0.15, -0.1) is 11.3 Å². The summed E-state index contributed by atoms with van der Waals surface area (Å²) in [6.45, 7) is 6.53. The molecule has 0 amide bonds. The SMILES string of the molecule is Cc1noc(C)c1CN1CCc2c(sc(N)c2C#N)C1. The van der Waals surface area contributed by atoms with Gasteiger partial charge in [0.1, 0.15) is 16.8 Å². The molecule has 0 saturated heterocycles. The number of nitriles is 1. The molecule has 0 radical (unpaired) electrons. The number of anilines is 1. The number of hydrogen-bond donors (Lipinski definition) is 1. The zero-order chi connectivity index (χ0) is 14.3. The summed E-state index contributed by atoms with van der Waals surface area (Å²) < 4.78 is 5.21. The largest absolute Gasteiger partial charge is 0.389 e. The van der Waals surface area contributed by atoms with Crippen LogP contribution in [0.4, 0.5) is 5.00 Å². The lowest BCUT2D eigenvalue weighted by atomic mass is 10.0. The average molecular weight is 288 g/mol. The van der Waals surface area contributed by atoms with Crippen molar-refractivity contribution in [1.29, 1.82) is 5.26 Å². The minimum Gasteiger partial charge on any atom is -0.389 e. The zero-order valence-electron chi connectivity index (χ0n) is 11.6. The van der Waals surface area contributed by atoms with E-state index in [0.717, 1.165) is 43.1 Å². The van der Waals surface area contributed by atoms with Gasteiger partial charge in [0.15, 0.2) is 0 Å². The molecule has 5 nitrogen and oxygen atoms in total. The molecule has 1 aliphatic heterocycles. The van der Waals surface area contributed by atoms with Crippen LogP contribution in [0.25, 0.3) is 0 Å². The molecule has 0 spiro atoms. The van der Waals surface area contributed by atoms with Gasteiger partial charge in [-0.3, -0.25) is 4.90 Å². The van der Waals surface area contributed by atoms with E-state index in [1.807, 2.05) is 13.8 Å². The lowest BCUT2D eigenvalue weighted by molar-refractivity contribution is 0.246. The van der Waals surface area contributed by atoms with Crippen LogP contribution in [0.1, 0.15) is 33.0 Å². The number of aromatic nitrogens is 1. The molecule has 0 bridgehead atoms. The number of aryl methyl sites for hydroxylation is 2. The Labute approximate surface area is 121 Å². The smallest absolute Gasteiger partial charge is 0.138 e. The third-order valence-electron chi connectivity index (χ3n) is 3.84. The van der Waals surface area contributed by atoms with Crippen molar-refractivity contribution < 1.29 is 4.52 Å². The summed E-state index contributed by atoms with van der Waals surface area (Å²) in [6, 6.07) is 2.22. The Kier molecular flexibility index (Phi) is 3.24. The minimum atomic E-state index is 0.650. The van der Waals surface area contributed by atoms with Gasteiger partial charge in [-0.1, -0.05) is 5.16 Å². The molecule has 0 saturated carbocycles. The van der Waals surface area contributed by atoms with Crippen LogP contribution in [0.15, 0.2) is 4.52 Å². The van der Waals surface area contributed by atoms with Crippen LogP contribution in [0.2, 0.25) is 0 Å². The molecule has 3 heterocycles. The summed E-state index contributed by atoms with van der Waals surface area (Å²) in [5.41, 5.74) is 9.86. The standard InChI is InChI=1S/C14H16N4OS/c1-8-12(9(2)19-17-8)6-18-4-3-10-11(5-15)14(16)20-13(10)7-18/h3-4,6-7,16H2,1-2H3. The van der Waals surface area contributed by atoms with Crippen LogP contribution in [0.3, 0.4) is 0 Å². The van der Waals surface area contributed by atoms with Gasteiger partial charge < -0.3 is 10.3 Å². The van der Waals surface area contributed by atoms with Crippen molar-refractivity contribution in [3.63, 3.8) is 0 Å². The third-order valence-corrected chi connectivity index (χ3v) is 4.88. The summed E-state index contributed by atoms with van der Waals surface area (Å²) >= 11 is 1.54. The topological polar surface area (TPSA) is 79.1 Å². The maximum absolute atomic E-state index is 9.15. The number of nitrogen functional groups attached to an aromatic ring is 1. The van der Waals surface area contributed by atoms with Crippen molar-refractivity contribution >= 4 is 16.3 Å². The second kappa shape index (κ2) is 4.93. The van der Waals surface area contributed by atoms with E-state index < -0.39 is 0 Å². The van der Waals surface area contributed by atoms with Crippen LogP contribution in [0, 0.1) is 25.2 Å². The molecule has 0 aliphatic carbocycles. The van der Waals surface area contributed by atoms with Crippen molar-refractivity contribution in [2.24, 2.45) is 0 Å². The minimum absolute atomic E-state index is 0.650. The van der Waals surface area contributed by atoms with Gasteiger partial charge in [-0.2, -0.15) is 5.26 Å². The molecule has 1 aliphatic rings. The lowest BCUT2D eigenvalue weighted by Gasteiger charge is -2.26.